The van der Waals surface area contributed by atoms with Crippen LogP contribution in [0.2, 0.25) is 0 Å². The van der Waals surface area contributed by atoms with E-state index in [4.69, 9.17) is 14.9 Å². The molecule has 0 bridgehead atoms. The maximum Gasteiger partial charge on any atom is 0.340 e. The molecular formula is C15H19N3O3. The minimum Gasteiger partial charge on any atom is -0.464 e. The number of aryl methyl sites for hydroxylation is 1. The molecule has 0 aliphatic carbocycles. The van der Waals surface area contributed by atoms with Crippen molar-refractivity contribution in [1.29, 1.82) is 0 Å². The lowest BCUT2D eigenvalue weighted by Gasteiger charge is -2.18. The summed E-state index contributed by atoms with van der Waals surface area (Å²) >= 11 is 0. The fraction of sp³-hybridized carbons (Fsp3) is 0.333. The van der Waals surface area contributed by atoms with Gasteiger partial charge in [0.25, 0.3) is 0 Å². The van der Waals surface area contributed by atoms with Crippen molar-refractivity contribution in [3.05, 3.63) is 41.5 Å². The van der Waals surface area contributed by atoms with Gasteiger partial charge in [0, 0.05) is 7.05 Å². The zero-order valence-electron chi connectivity index (χ0n) is 12.4. The lowest BCUT2D eigenvalue weighted by atomic mass is 10.2. The van der Waals surface area contributed by atoms with Crippen LogP contribution in [-0.2, 0) is 11.3 Å². The molecule has 0 unspecified atom stereocenters. The predicted octanol–water partition coefficient (Wildman–Crippen LogP) is 2.38. The second kappa shape index (κ2) is 6.30. The third kappa shape index (κ3) is 3.53. The summed E-state index contributed by atoms with van der Waals surface area (Å²) in [7, 11) is 1.87. The summed E-state index contributed by atoms with van der Waals surface area (Å²) < 4.78 is 10.5. The monoisotopic (exact) mass is 289 g/mol. The van der Waals surface area contributed by atoms with E-state index in [9.17, 15) is 4.79 Å². The van der Waals surface area contributed by atoms with Gasteiger partial charge >= 0.3 is 5.97 Å². The molecule has 0 saturated heterocycles. The predicted molar refractivity (Wildman–Crippen MR) is 80.2 cm³/mol. The van der Waals surface area contributed by atoms with Gasteiger partial charge in [-0.05, 0) is 32.0 Å². The van der Waals surface area contributed by atoms with Gasteiger partial charge in [-0.1, -0.05) is 0 Å². The zero-order valence-corrected chi connectivity index (χ0v) is 12.4. The molecule has 0 fully saturated rings. The first kappa shape index (κ1) is 14.9. The molecule has 0 amide bonds. The number of nitrogens with zero attached hydrogens (tertiary/aromatic N) is 2. The number of aromatic nitrogens is 1. The second-order valence-corrected chi connectivity index (χ2v) is 4.72. The normalized spacial score (nSPS) is 10.4. The van der Waals surface area contributed by atoms with Crippen LogP contribution < -0.4 is 10.6 Å². The Bertz CT molecular complexity index is 637. The minimum absolute atomic E-state index is 0.303. The van der Waals surface area contributed by atoms with Crippen molar-refractivity contribution in [1.82, 2.24) is 4.98 Å². The van der Waals surface area contributed by atoms with Crippen molar-refractivity contribution in [2.45, 2.75) is 20.4 Å². The summed E-state index contributed by atoms with van der Waals surface area (Å²) in [5, 5.41) is 0. The van der Waals surface area contributed by atoms with E-state index >= 15 is 0 Å². The van der Waals surface area contributed by atoms with E-state index < -0.39 is 5.97 Å². The standard InChI is InChI=1S/C15H19N3O3/c1-4-20-15(19)12-7-14(17-8-13(12)16)18(3)9-11-6-5-10(2)21-11/h5-8H,4,9,16H2,1-3H3. The molecule has 6 heteroatoms. The average molecular weight is 289 g/mol. The topological polar surface area (TPSA) is 81.6 Å². The van der Waals surface area contributed by atoms with Gasteiger partial charge in [0.1, 0.15) is 17.3 Å². The number of rotatable bonds is 5. The Balaban J connectivity index is 2.19. The summed E-state index contributed by atoms with van der Waals surface area (Å²) in [6, 6.07) is 5.45. The lowest BCUT2D eigenvalue weighted by molar-refractivity contribution is 0.0527. The van der Waals surface area contributed by atoms with Gasteiger partial charge in [-0.15, -0.1) is 0 Å². The number of carbonyl (C=O) groups excluding carboxylic acids is 1. The number of esters is 1. The number of nitrogen functional groups attached to an aromatic ring is 1. The number of ether oxygens (including phenoxy) is 1. The zero-order chi connectivity index (χ0) is 15.4. The largest absolute Gasteiger partial charge is 0.464 e. The second-order valence-electron chi connectivity index (χ2n) is 4.72. The molecule has 21 heavy (non-hydrogen) atoms. The summed E-state index contributed by atoms with van der Waals surface area (Å²) in [5.74, 6) is 1.87. The number of furan rings is 1. The van der Waals surface area contributed by atoms with Gasteiger partial charge < -0.3 is 19.8 Å². The van der Waals surface area contributed by atoms with Gasteiger partial charge in [0.15, 0.2) is 0 Å². The quantitative estimate of drug-likeness (QED) is 0.851. The van der Waals surface area contributed by atoms with Crippen molar-refractivity contribution in [2.75, 3.05) is 24.3 Å². The van der Waals surface area contributed by atoms with Crippen molar-refractivity contribution < 1.29 is 13.9 Å². The van der Waals surface area contributed by atoms with E-state index in [1.807, 2.05) is 31.0 Å². The van der Waals surface area contributed by atoms with Crippen LogP contribution in [0.5, 0.6) is 0 Å². The van der Waals surface area contributed by atoms with Gasteiger partial charge in [-0.25, -0.2) is 9.78 Å². The Morgan fingerprint density at radius 1 is 1.48 bits per heavy atom. The molecule has 112 valence electrons. The van der Waals surface area contributed by atoms with Crippen LogP contribution in [-0.4, -0.2) is 24.6 Å². The molecule has 2 rings (SSSR count). The van der Waals surface area contributed by atoms with E-state index in [-0.39, 0.29) is 0 Å². The van der Waals surface area contributed by atoms with Gasteiger partial charge in [-0.2, -0.15) is 0 Å². The van der Waals surface area contributed by atoms with Crippen LogP contribution in [0.1, 0.15) is 28.8 Å². The van der Waals surface area contributed by atoms with Crippen LogP contribution >= 0.6 is 0 Å². The first-order chi connectivity index (χ1) is 10.0. The molecule has 6 nitrogen and oxygen atoms in total. The number of hydrogen-bond donors (Lipinski definition) is 1. The highest BCUT2D eigenvalue weighted by molar-refractivity contribution is 5.95. The molecule has 2 aromatic heterocycles. The third-order valence-corrected chi connectivity index (χ3v) is 3.00. The molecule has 0 aliphatic rings. The smallest absolute Gasteiger partial charge is 0.340 e. The van der Waals surface area contributed by atoms with Crippen LogP contribution in [0, 0.1) is 6.92 Å². The number of nitrogens with two attached hydrogens (primary N) is 1. The van der Waals surface area contributed by atoms with Crippen LogP contribution in [0.4, 0.5) is 11.5 Å². The maximum absolute atomic E-state index is 11.8. The van der Waals surface area contributed by atoms with Crippen LogP contribution in [0.3, 0.4) is 0 Å². The van der Waals surface area contributed by atoms with E-state index in [1.165, 1.54) is 6.20 Å². The van der Waals surface area contributed by atoms with E-state index in [2.05, 4.69) is 4.98 Å². The first-order valence-electron chi connectivity index (χ1n) is 6.70. The molecule has 2 heterocycles. The molecule has 0 aliphatic heterocycles. The average Bonchev–Trinajstić information content (AvgIpc) is 2.84. The van der Waals surface area contributed by atoms with Crippen molar-refractivity contribution in [3.63, 3.8) is 0 Å². The Kier molecular flexibility index (Phi) is 4.47. The summed E-state index contributed by atoms with van der Waals surface area (Å²) in [5.41, 5.74) is 6.40. The maximum atomic E-state index is 11.8. The Hall–Kier alpha value is -2.50. The highest BCUT2D eigenvalue weighted by Gasteiger charge is 2.15. The van der Waals surface area contributed by atoms with Gasteiger partial charge in [0.2, 0.25) is 0 Å². The fourth-order valence-electron chi connectivity index (χ4n) is 1.93. The molecule has 0 aromatic carbocycles. The highest BCUT2D eigenvalue weighted by atomic mass is 16.5. The van der Waals surface area contributed by atoms with Crippen molar-refractivity contribution >= 4 is 17.5 Å². The number of pyridine rings is 1. The van der Waals surface area contributed by atoms with Crippen LogP contribution in [0.25, 0.3) is 0 Å². The lowest BCUT2D eigenvalue weighted by Crippen LogP contribution is -2.19. The SMILES string of the molecule is CCOC(=O)c1cc(N(C)Cc2ccc(C)o2)ncc1N. The number of hydrogen-bond acceptors (Lipinski definition) is 6. The Morgan fingerprint density at radius 2 is 2.24 bits per heavy atom. The molecule has 0 spiro atoms. The minimum atomic E-state index is -0.444. The Morgan fingerprint density at radius 3 is 2.86 bits per heavy atom. The number of carbonyl (C=O) groups is 1. The van der Waals surface area contributed by atoms with Crippen molar-refractivity contribution in [3.8, 4) is 0 Å². The van der Waals surface area contributed by atoms with E-state index in [1.54, 1.807) is 13.0 Å². The molecule has 0 saturated carbocycles. The van der Waals surface area contributed by atoms with Crippen LogP contribution in [0.15, 0.2) is 28.8 Å². The Labute approximate surface area is 123 Å². The van der Waals surface area contributed by atoms with E-state index in [0.717, 1.165) is 11.5 Å². The molecular weight excluding hydrogens is 270 g/mol. The number of anilines is 2. The van der Waals surface area contributed by atoms with Gasteiger partial charge in [-0.3, -0.25) is 0 Å². The summed E-state index contributed by atoms with van der Waals surface area (Å²) in [4.78, 5) is 17.9. The first-order valence-corrected chi connectivity index (χ1v) is 6.70. The molecule has 2 aromatic rings. The molecule has 0 radical (unpaired) electrons. The molecule has 2 N–H and O–H groups in total. The summed E-state index contributed by atoms with van der Waals surface area (Å²) in [6.45, 7) is 4.50. The van der Waals surface area contributed by atoms with E-state index in [0.29, 0.717) is 30.2 Å². The molecule has 0 atom stereocenters. The van der Waals surface area contributed by atoms with Crippen molar-refractivity contribution in [2.24, 2.45) is 0 Å². The fourth-order valence-corrected chi connectivity index (χ4v) is 1.93. The third-order valence-electron chi connectivity index (χ3n) is 3.00. The van der Waals surface area contributed by atoms with Gasteiger partial charge in [0.05, 0.1) is 30.6 Å². The highest BCUT2D eigenvalue weighted by Crippen LogP contribution is 2.20. The summed E-state index contributed by atoms with van der Waals surface area (Å²) in [6.07, 6.45) is 1.46.